The smallest absolute Gasteiger partial charge is 0.317 e. The van der Waals surface area contributed by atoms with Crippen molar-refractivity contribution in [1.29, 1.82) is 0 Å². The quantitative estimate of drug-likeness (QED) is 0.00962. The predicted octanol–water partition coefficient (Wildman–Crippen LogP) is 15.3. The Balaban J connectivity index is 1.89. The molecule has 0 radical (unpaired) electrons. The Hall–Kier alpha value is -12.0. The van der Waals surface area contributed by atoms with E-state index in [0.717, 1.165) is 0 Å². The van der Waals surface area contributed by atoms with Gasteiger partial charge in [0.05, 0.1) is 36.3 Å². The van der Waals surface area contributed by atoms with Gasteiger partial charge >= 0.3 is 89.9 Å². The summed E-state index contributed by atoms with van der Waals surface area (Å²) < 4.78 is 51.1. The van der Waals surface area contributed by atoms with Crippen LogP contribution in [0.5, 0.6) is 0 Å². The van der Waals surface area contributed by atoms with Gasteiger partial charge in [-0.05, 0) is 314 Å². The summed E-state index contributed by atoms with van der Waals surface area (Å²) >= 11 is 0. The number of rotatable bonds is 45. The molecule has 0 bridgehead atoms. The number of amides is 12. The summed E-state index contributed by atoms with van der Waals surface area (Å²) in [6, 6.07) is -11.3. The van der Waals surface area contributed by atoms with Crippen LogP contribution in [-0.4, -0.2) is 247 Å². The van der Waals surface area contributed by atoms with Gasteiger partial charge in [0.1, 0.15) is 50.4 Å². The van der Waals surface area contributed by atoms with E-state index in [1.165, 1.54) is 14.7 Å². The molecule has 3 heterocycles. The maximum absolute atomic E-state index is 15.0. The number of hydrogen-bond acceptors (Lipinski definition) is 27. The van der Waals surface area contributed by atoms with Gasteiger partial charge in [0.25, 0.3) is 0 Å². The number of nitrogens with one attached hydrogen (secondary N) is 9. The molecule has 6 atom stereocenters. The first-order valence-electron chi connectivity index (χ1n) is 49.8. The van der Waals surface area contributed by atoms with Crippen LogP contribution in [-0.2, 0) is 125 Å². The van der Waals surface area contributed by atoms with E-state index < -0.39 is 193 Å². The molecule has 0 saturated carbocycles. The molecule has 3 aliphatic rings. The first-order valence-corrected chi connectivity index (χ1v) is 49.8. The van der Waals surface area contributed by atoms with Crippen LogP contribution in [0.25, 0.3) is 31.3 Å². The number of hydrogen-bond donors (Lipinski definition) is 9. The largest absolute Gasteiger partial charge is 0.460 e. The molecule has 12 amide bonds. The lowest BCUT2D eigenvalue weighted by molar-refractivity contribution is -0.158. The average molecular weight is 2030 g/mol. The molecule has 4 rings (SSSR count). The zero-order chi connectivity index (χ0) is 110. The number of benzene rings is 1. The molecule has 45 nitrogen and oxygen atoms in total. The van der Waals surface area contributed by atoms with E-state index in [1.807, 2.05) is 20.8 Å². The molecular formula is C99H165N21O24. The molecule has 0 unspecified atom stereocenters. The van der Waals surface area contributed by atoms with Crippen LogP contribution >= 0.6 is 0 Å². The highest BCUT2D eigenvalue weighted by Crippen LogP contribution is 2.37. The lowest BCUT2D eigenvalue weighted by Crippen LogP contribution is -2.54. The van der Waals surface area contributed by atoms with Crippen molar-refractivity contribution in [2.45, 2.75) is 465 Å². The molecular weight excluding hydrogens is 1870 g/mol. The summed E-state index contributed by atoms with van der Waals surface area (Å²) in [6.07, 6.45) is -2.88. The minimum absolute atomic E-state index is 0.130. The van der Waals surface area contributed by atoms with Crippen LogP contribution < -0.4 is 47.9 Å². The van der Waals surface area contributed by atoms with Gasteiger partial charge in [-0.25, -0.2) is 28.8 Å². The van der Waals surface area contributed by atoms with Gasteiger partial charge in [-0.15, -0.1) is 0 Å². The summed E-state index contributed by atoms with van der Waals surface area (Å²) in [5, 5.41) is 38.7. The summed E-state index contributed by atoms with van der Waals surface area (Å²) in [4.78, 5) is 224. The van der Waals surface area contributed by atoms with Crippen LogP contribution in [0, 0.1) is 0 Å². The Morgan fingerprint density at radius 1 is 0.264 bits per heavy atom. The molecule has 0 aromatic heterocycles. The highest BCUT2D eigenvalue weighted by atomic mass is 16.6. The number of esters is 9. The Morgan fingerprint density at radius 3 is 0.549 bits per heavy atom. The first kappa shape index (κ1) is 124. The lowest BCUT2D eigenvalue weighted by atomic mass is 9.83. The van der Waals surface area contributed by atoms with Gasteiger partial charge in [0.2, 0.25) is 0 Å². The van der Waals surface area contributed by atoms with Gasteiger partial charge in [-0.3, -0.25) is 43.2 Å². The number of ether oxygens (including phenoxy) is 9. The zero-order valence-electron chi connectivity index (χ0n) is 90.8. The first-order chi connectivity index (χ1) is 66.1. The highest BCUT2D eigenvalue weighted by Gasteiger charge is 2.47. The second-order valence-corrected chi connectivity index (χ2v) is 46.2. The average Bonchev–Trinajstić information content (AvgIpc) is 0.772. The highest BCUT2D eigenvalue weighted by molar-refractivity contribution is 5.82. The van der Waals surface area contributed by atoms with Crippen LogP contribution in [0.15, 0.2) is 15.3 Å². The van der Waals surface area contributed by atoms with Crippen molar-refractivity contribution in [2.24, 2.45) is 15.3 Å². The molecule has 45 heteroatoms. The van der Waals surface area contributed by atoms with E-state index in [9.17, 15) is 74.1 Å². The van der Waals surface area contributed by atoms with Crippen LogP contribution in [0.4, 0.5) is 28.8 Å². The summed E-state index contributed by atoms with van der Waals surface area (Å²) in [5.74, 6) is -5.67. The number of azide groups is 3. The minimum atomic E-state index is -1.49. The number of carbonyl (C=O) groups excluding carboxylic acids is 15. The van der Waals surface area contributed by atoms with Crippen LogP contribution in [0.1, 0.15) is 357 Å². The SMILES string of the molecule is CCc1c(CNC(=O)N[C@@H]2CN(C(=O)NC(CCC(=O)OC(C)(C)C)(CCC(=O)OC(C)(C)C)CCC(=O)OC(C)(C)C)C[C@H]2N=[N+]=[N-])c(CC)c(CNC(=O)N[C@@H]2CN(C(=O)NC(CCC(=O)OC(C)(C)C)(CCC(=O)OC(C)(C)C)CCC(=O)OC(C)(C)C)C[C@H]2N=[N+]=[N-])c(CC)c1CNC(=O)N[C@@H]1CN(C(=O)NC(CCC(=O)OC(C)(C)C)(CCC(=O)OC(C)(C)C)CCC(=O)OC(C)(C)C)C[C@H]1N=[N+]=[N-]. The number of urea groups is 6. The molecule has 0 spiro atoms. The van der Waals surface area contributed by atoms with Crippen LogP contribution in [0.2, 0.25) is 0 Å². The Labute approximate surface area is 847 Å². The molecule has 9 N–H and O–H groups in total. The summed E-state index contributed by atoms with van der Waals surface area (Å²) in [7, 11) is 0. The van der Waals surface area contributed by atoms with Crippen molar-refractivity contribution in [3.05, 3.63) is 64.7 Å². The monoisotopic (exact) mass is 2030 g/mol. The maximum atomic E-state index is 15.0. The molecule has 3 saturated heterocycles. The topological polar surface area (TPSA) is 603 Å². The standard InChI is InChI=1S/C99H165N21O24/c1-31-61-64(52-103-82(130)106-67-55-118(58-70(67)112-115-100)85(133)109-97(43-34-73(121)136-88(4,5)6,44-35-74(122)137-89(7,8)9)45-36-75(123)138-90(10,11)12)62(32-2)66(54-105-84(132)108-69-57-120(60-72(69)114-117-102)87(135)111-99(49-40-79(127)142-94(22,23)24,50-41-80(128)143-95(25,26)27)51-42-81(129)144-96(28,29)30)63(33-3)65(61)53-104-83(131)107-68-56-119(59-71(68)113-116-101)86(134)110-98(46-37-76(124)139-91(13,14)15,47-38-77(125)140-92(16,17)18)48-39-78(126)141-93(19,20)21/h67-72H,31-60H2,1-30H3,(H,109,133)(H,110,134)(H,111,135)(H2,103,106,130)(H2,104,107,131)(H2,105,108,132)/t67-,68-,69-,70-,71-,72-/m1/s1. The fourth-order valence-corrected chi connectivity index (χ4v) is 17.2. The van der Waals surface area contributed by atoms with Crippen molar-refractivity contribution in [3.8, 4) is 0 Å². The molecule has 3 fully saturated rings. The minimum Gasteiger partial charge on any atom is -0.460 e. The van der Waals surface area contributed by atoms with Gasteiger partial charge < -0.3 is 105 Å². The third kappa shape index (κ3) is 46.4. The molecule has 0 aliphatic carbocycles. The van der Waals surface area contributed by atoms with E-state index in [2.05, 4.69) is 77.9 Å². The van der Waals surface area contributed by atoms with Gasteiger partial charge in [0.15, 0.2) is 0 Å². The van der Waals surface area contributed by atoms with Gasteiger partial charge in [0, 0.05) is 148 Å². The molecule has 1 aromatic carbocycles. The molecule has 810 valence electrons. The van der Waals surface area contributed by atoms with Crippen molar-refractivity contribution < 1.29 is 115 Å². The fraction of sp³-hybridized carbons (Fsp3) is 0.788. The number of nitrogens with zero attached hydrogens (tertiary/aromatic N) is 12. The van der Waals surface area contributed by atoms with Crippen LogP contribution in [0.3, 0.4) is 0 Å². The summed E-state index contributed by atoms with van der Waals surface area (Å²) in [5.41, 5.74) is 21.0. The Morgan fingerprint density at radius 2 is 0.417 bits per heavy atom. The van der Waals surface area contributed by atoms with Gasteiger partial charge in [-0.1, -0.05) is 36.1 Å². The second kappa shape index (κ2) is 53.2. The van der Waals surface area contributed by atoms with Crippen molar-refractivity contribution in [2.75, 3.05) is 39.3 Å². The second-order valence-electron chi connectivity index (χ2n) is 46.2. The maximum Gasteiger partial charge on any atom is 0.317 e. The predicted molar refractivity (Wildman–Crippen MR) is 535 cm³/mol. The lowest BCUT2D eigenvalue weighted by Gasteiger charge is -2.37. The molecule has 144 heavy (non-hydrogen) atoms. The molecule has 3 aliphatic heterocycles. The number of likely N-dealkylation sites (tertiary alicyclic amines) is 3. The van der Waals surface area contributed by atoms with E-state index in [1.54, 1.807) is 187 Å². The van der Waals surface area contributed by atoms with Crippen molar-refractivity contribution >= 4 is 89.9 Å². The van der Waals surface area contributed by atoms with Gasteiger partial charge in [-0.2, -0.15) is 0 Å². The van der Waals surface area contributed by atoms with E-state index in [0.29, 0.717) is 33.4 Å². The van der Waals surface area contributed by atoms with E-state index in [4.69, 9.17) is 42.6 Å². The Bertz CT molecular complexity index is 4080. The molecule has 1 aromatic rings. The van der Waals surface area contributed by atoms with Crippen molar-refractivity contribution in [3.63, 3.8) is 0 Å². The summed E-state index contributed by atoms with van der Waals surface area (Å²) in [6.45, 7) is 48.8. The van der Waals surface area contributed by atoms with E-state index in [-0.39, 0.29) is 194 Å². The van der Waals surface area contributed by atoms with E-state index >= 15 is 14.4 Å². The normalized spacial score (nSPS) is 17.0. The Kier molecular flexibility index (Phi) is 45.9. The fourth-order valence-electron chi connectivity index (χ4n) is 17.2. The third-order valence-corrected chi connectivity index (χ3v) is 23.0. The zero-order valence-corrected chi connectivity index (χ0v) is 90.8. The van der Waals surface area contributed by atoms with Crippen molar-refractivity contribution in [1.82, 2.24) is 62.6 Å². The third-order valence-electron chi connectivity index (χ3n) is 23.0. The number of carbonyl (C=O) groups is 15.